The van der Waals surface area contributed by atoms with Gasteiger partial charge in [0, 0.05) is 5.33 Å². The molecular formula is C23H20BrF3N4O3. The van der Waals surface area contributed by atoms with Crippen molar-refractivity contribution in [2.75, 3.05) is 13.2 Å². The van der Waals surface area contributed by atoms with Crippen LogP contribution >= 0.6 is 15.9 Å². The van der Waals surface area contributed by atoms with Crippen molar-refractivity contribution in [1.82, 2.24) is 20.1 Å². The molecular weight excluding hydrogens is 517 g/mol. The first-order valence-electron chi connectivity index (χ1n) is 10.7. The van der Waals surface area contributed by atoms with Crippen LogP contribution in [0, 0.1) is 0 Å². The summed E-state index contributed by atoms with van der Waals surface area (Å²) in [5.74, 6) is -0.0449. The number of halogens is 4. The van der Waals surface area contributed by atoms with Crippen LogP contribution in [0.3, 0.4) is 0 Å². The first kappa shape index (κ1) is 22.9. The first-order valence-corrected chi connectivity index (χ1v) is 11.8. The average molecular weight is 537 g/mol. The highest BCUT2D eigenvalue weighted by Crippen LogP contribution is 2.35. The van der Waals surface area contributed by atoms with Crippen molar-refractivity contribution in [3.63, 3.8) is 0 Å². The molecule has 178 valence electrons. The number of fused-ring (bicyclic) bond motifs is 2. The highest BCUT2D eigenvalue weighted by Gasteiger charge is 2.33. The lowest BCUT2D eigenvalue weighted by Crippen LogP contribution is -2.43. The molecule has 7 nitrogen and oxygen atoms in total. The van der Waals surface area contributed by atoms with Gasteiger partial charge in [0.05, 0.1) is 54.0 Å². The van der Waals surface area contributed by atoms with Crippen molar-refractivity contribution in [3.8, 4) is 17.0 Å². The van der Waals surface area contributed by atoms with Crippen LogP contribution in [-0.2, 0) is 35.8 Å². The smallest absolute Gasteiger partial charge is 0.416 e. The normalized spacial score (nSPS) is 17.5. The molecule has 2 aliphatic heterocycles. The minimum atomic E-state index is -4.45. The Hall–Kier alpha value is -2.92. The molecule has 1 N–H and O–H groups in total. The van der Waals surface area contributed by atoms with Gasteiger partial charge in [-0.15, -0.1) is 0 Å². The number of benzene rings is 1. The van der Waals surface area contributed by atoms with E-state index in [2.05, 4.69) is 31.3 Å². The maximum Gasteiger partial charge on any atom is 0.416 e. The molecule has 1 aromatic carbocycles. The van der Waals surface area contributed by atoms with E-state index in [0.717, 1.165) is 23.5 Å². The number of hydrogen-bond acceptors (Lipinski definition) is 5. The topological polar surface area (TPSA) is 78.3 Å². The van der Waals surface area contributed by atoms with E-state index in [1.54, 1.807) is 4.68 Å². The number of ether oxygens (including phenoxy) is 2. The molecule has 1 atom stereocenters. The van der Waals surface area contributed by atoms with Crippen LogP contribution in [0.25, 0.3) is 11.3 Å². The molecule has 2 aliphatic rings. The van der Waals surface area contributed by atoms with Gasteiger partial charge in [0.1, 0.15) is 12.4 Å². The Balaban J connectivity index is 1.43. The van der Waals surface area contributed by atoms with Crippen molar-refractivity contribution < 1.29 is 27.4 Å². The van der Waals surface area contributed by atoms with E-state index in [1.807, 2.05) is 18.2 Å². The molecule has 0 saturated carbocycles. The van der Waals surface area contributed by atoms with Gasteiger partial charge in [0.15, 0.2) is 5.69 Å². The molecule has 0 radical (unpaired) electrons. The predicted octanol–water partition coefficient (Wildman–Crippen LogP) is 4.12. The molecule has 0 bridgehead atoms. The maximum absolute atomic E-state index is 13.3. The molecule has 2 aromatic heterocycles. The van der Waals surface area contributed by atoms with Crippen LogP contribution in [-0.4, -0.2) is 39.9 Å². The Morgan fingerprint density at radius 3 is 2.91 bits per heavy atom. The van der Waals surface area contributed by atoms with Crippen LogP contribution in [0.2, 0.25) is 0 Å². The monoisotopic (exact) mass is 536 g/mol. The highest BCUT2D eigenvalue weighted by atomic mass is 79.9. The van der Waals surface area contributed by atoms with Gasteiger partial charge in [-0.25, -0.2) is 0 Å². The summed E-state index contributed by atoms with van der Waals surface area (Å²) in [6.45, 7) is 1.44. The molecule has 0 spiro atoms. The maximum atomic E-state index is 13.3. The third-order valence-electron chi connectivity index (χ3n) is 5.79. The molecule has 1 amide bonds. The number of aromatic nitrogens is 3. The van der Waals surface area contributed by atoms with Gasteiger partial charge in [-0.3, -0.25) is 14.5 Å². The lowest BCUT2D eigenvalue weighted by atomic mass is 9.99. The quantitative estimate of drug-likeness (QED) is 0.507. The predicted molar refractivity (Wildman–Crippen MR) is 120 cm³/mol. The van der Waals surface area contributed by atoms with E-state index < -0.39 is 23.7 Å². The third kappa shape index (κ3) is 4.41. The van der Waals surface area contributed by atoms with Gasteiger partial charge in [-0.1, -0.05) is 22.0 Å². The molecule has 0 saturated heterocycles. The first-order chi connectivity index (χ1) is 16.3. The van der Waals surface area contributed by atoms with Crippen LogP contribution in [0.5, 0.6) is 5.75 Å². The minimum Gasteiger partial charge on any atom is -0.491 e. The molecule has 0 fully saturated rings. The van der Waals surface area contributed by atoms with E-state index in [-0.39, 0.29) is 18.7 Å². The average Bonchev–Trinajstić information content (AvgIpc) is 3.23. The number of amides is 1. The van der Waals surface area contributed by atoms with E-state index in [4.69, 9.17) is 9.47 Å². The van der Waals surface area contributed by atoms with Crippen molar-refractivity contribution >= 4 is 21.8 Å². The van der Waals surface area contributed by atoms with Gasteiger partial charge in [0.25, 0.3) is 5.91 Å². The van der Waals surface area contributed by atoms with Crippen LogP contribution in [0.15, 0.2) is 36.4 Å². The third-order valence-corrected chi connectivity index (χ3v) is 6.36. The molecule has 11 heteroatoms. The number of nitrogens with one attached hydrogen (secondary N) is 1. The molecule has 3 aromatic rings. The second-order valence-corrected chi connectivity index (χ2v) is 8.66. The minimum absolute atomic E-state index is 0.146. The fourth-order valence-corrected chi connectivity index (χ4v) is 4.50. The highest BCUT2D eigenvalue weighted by molar-refractivity contribution is 9.08. The van der Waals surface area contributed by atoms with Crippen molar-refractivity contribution in [2.24, 2.45) is 0 Å². The Morgan fingerprint density at radius 2 is 2.12 bits per heavy atom. The van der Waals surface area contributed by atoms with Gasteiger partial charge in [0.2, 0.25) is 0 Å². The second-order valence-electron chi connectivity index (χ2n) is 8.10. The second kappa shape index (κ2) is 9.03. The van der Waals surface area contributed by atoms with Gasteiger partial charge >= 0.3 is 6.18 Å². The Labute approximate surface area is 201 Å². The molecule has 0 unspecified atom stereocenters. The van der Waals surface area contributed by atoms with Crippen molar-refractivity contribution in [2.45, 2.75) is 37.1 Å². The summed E-state index contributed by atoms with van der Waals surface area (Å²) in [4.78, 5) is 17.9. The zero-order chi connectivity index (χ0) is 23.9. The van der Waals surface area contributed by atoms with E-state index >= 15 is 0 Å². The molecule has 4 heterocycles. The summed E-state index contributed by atoms with van der Waals surface area (Å²) in [6, 6.07) is 8.42. The Bertz CT molecular complexity index is 1240. The molecule has 34 heavy (non-hydrogen) atoms. The Morgan fingerprint density at radius 1 is 1.26 bits per heavy atom. The lowest BCUT2D eigenvalue weighted by Gasteiger charge is -2.26. The summed E-state index contributed by atoms with van der Waals surface area (Å²) in [5.41, 5.74) is 2.62. The lowest BCUT2D eigenvalue weighted by molar-refractivity contribution is -0.137. The summed E-state index contributed by atoms with van der Waals surface area (Å²) < 4.78 is 52.3. The van der Waals surface area contributed by atoms with Gasteiger partial charge in [-0.05, 0) is 42.3 Å². The largest absolute Gasteiger partial charge is 0.491 e. The summed E-state index contributed by atoms with van der Waals surface area (Å²) in [5, 5.41) is 7.96. The van der Waals surface area contributed by atoms with Crippen molar-refractivity contribution in [1.29, 1.82) is 0 Å². The Kier molecular flexibility index (Phi) is 6.07. The van der Waals surface area contributed by atoms with Crippen LogP contribution in [0.4, 0.5) is 13.2 Å². The summed E-state index contributed by atoms with van der Waals surface area (Å²) >= 11 is 3.40. The number of nitrogens with zero attached hydrogens (tertiary/aromatic N) is 3. The summed E-state index contributed by atoms with van der Waals surface area (Å²) in [7, 11) is 0. The fraction of sp³-hybridized carbons (Fsp3) is 0.348. The fourth-order valence-electron chi connectivity index (χ4n) is 4.19. The van der Waals surface area contributed by atoms with Gasteiger partial charge in [-0.2, -0.15) is 18.3 Å². The molecule has 5 rings (SSSR count). The number of hydrogen-bond donors (Lipinski definition) is 1. The van der Waals surface area contributed by atoms with E-state index in [1.165, 1.54) is 6.07 Å². The van der Waals surface area contributed by atoms with Crippen molar-refractivity contribution in [3.05, 3.63) is 64.6 Å². The number of carbonyl (C=O) groups excluding carboxylic acids is 1. The van der Waals surface area contributed by atoms with E-state index in [0.29, 0.717) is 47.7 Å². The zero-order valence-corrected chi connectivity index (χ0v) is 19.4. The van der Waals surface area contributed by atoms with Crippen LogP contribution < -0.4 is 10.1 Å². The number of rotatable bonds is 4. The van der Waals surface area contributed by atoms with Gasteiger partial charge < -0.3 is 14.8 Å². The standard InChI is InChI=1S/C23H20BrF3N4O3/c24-10-15-2-1-3-17(28-15)20-18-12-33-7-6-31(18)30-21(20)22(32)29-16-9-13-8-14(23(25,26)27)4-5-19(13)34-11-16/h1-5,8,16H,6-7,9-12H2,(H,29,32)/t16-/m1/s1. The summed E-state index contributed by atoms with van der Waals surface area (Å²) in [6.07, 6.45) is -4.23. The zero-order valence-electron chi connectivity index (χ0n) is 17.9. The number of carbonyl (C=O) groups is 1. The SMILES string of the molecule is O=C(N[C@H]1COc2ccc(C(F)(F)F)cc2C1)c1nn2c(c1-c1cccc(CBr)n1)COCC2. The van der Waals surface area contributed by atoms with Crippen LogP contribution in [0.1, 0.15) is 33.0 Å². The number of pyridine rings is 1. The number of alkyl halides is 4. The molecule has 0 aliphatic carbocycles. The van der Waals surface area contributed by atoms with E-state index in [9.17, 15) is 18.0 Å².